The fraction of sp³-hybridized carbons (Fsp3) is 0.333. The lowest BCUT2D eigenvalue weighted by Gasteiger charge is -2.09. The Balaban J connectivity index is 1.86. The number of aliphatic hydroxyl groups is 2. The lowest BCUT2D eigenvalue weighted by atomic mass is 10.0. The van der Waals surface area contributed by atoms with Gasteiger partial charge in [0, 0.05) is 43.5 Å². The molecule has 3 rings (SSSR count). The normalized spacial score (nSPS) is 11.4. The Kier molecular flexibility index (Phi) is 5.79. The number of nitrogens with two attached hydrogens (primary N) is 1. The summed E-state index contributed by atoms with van der Waals surface area (Å²) in [5.74, 6) is 0.754. The molecule has 2 aromatic heterocycles. The minimum absolute atomic E-state index is 0.444. The molecular weight excluding hydrogens is 332 g/mol. The topological polar surface area (TPSA) is 121 Å². The van der Waals surface area contributed by atoms with Crippen LogP contribution >= 0.6 is 0 Å². The van der Waals surface area contributed by atoms with Crippen molar-refractivity contribution in [3.8, 4) is 11.1 Å². The van der Waals surface area contributed by atoms with Crippen LogP contribution in [0.5, 0.6) is 0 Å². The summed E-state index contributed by atoms with van der Waals surface area (Å²) >= 11 is 0. The minimum atomic E-state index is -1.51. The van der Waals surface area contributed by atoms with Crippen molar-refractivity contribution < 1.29 is 10.2 Å². The van der Waals surface area contributed by atoms with Gasteiger partial charge in [0.15, 0.2) is 11.9 Å². The fourth-order valence-electron chi connectivity index (χ4n) is 2.79. The molecule has 0 bridgehead atoms. The van der Waals surface area contributed by atoms with Crippen LogP contribution < -0.4 is 16.4 Å². The van der Waals surface area contributed by atoms with Crippen molar-refractivity contribution in [2.75, 3.05) is 31.5 Å². The Morgan fingerprint density at radius 2 is 2.04 bits per heavy atom. The van der Waals surface area contributed by atoms with Crippen LogP contribution in [0.2, 0.25) is 0 Å². The van der Waals surface area contributed by atoms with E-state index in [0.29, 0.717) is 17.8 Å². The Morgan fingerprint density at radius 3 is 2.81 bits per heavy atom. The number of nitrogens with one attached hydrogen (secondary N) is 2. The predicted octanol–water partition coefficient (Wildman–Crippen LogP) is 0.648. The molecule has 0 atom stereocenters. The molecule has 8 nitrogen and oxygen atoms in total. The van der Waals surface area contributed by atoms with E-state index >= 15 is 0 Å². The van der Waals surface area contributed by atoms with E-state index in [9.17, 15) is 10.2 Å². The lowest BCUT2D eigenvalue weighted by Crippen LogP contribution is -2.27. The standard InChI is InChI=1S/C18H24N6O2/c1-12-8-13(10-14(9-12)18(25)26)15-11-22-24-7-2-16(23-17(15)24)21-6-5-20-4-3-19/h2,7-11,18,20,25-26H,3-6,19H2,1H3,(H,21,23). The third kappa shape index (κ3) is 4.17. The molecule has 1 aromatic carbocycles. The van der Waals surface area contributed by atoms with Crippen LogP contribution in [-0.4, -0.2) is 51.0 Å². The van der Waals surface area contributed by atoms with Gasteiger partial charge < -0.3 is 26.6 Å². The van der Waals surface area contributed by atoms with Gasteiger partial charge in [0.2, 0.25) is 0 Å². The first-order chi connectivity index (χ1) is 12.6. The molecule has 0 fully saturated rings. The van der Waals surface area contributed by atoms with Crippen LogP contribution in [0.1, 0.15) is 17.4 Å². The van der Waals surface area contributed by atoms with Crippen molar-refractivity contribution in [2.45, 2.75) is 13.2 Å². The number of fused-ring (bicyclic) bond motifs is 1. The van der Waals surface area contributed by atoms with Gasteiger partial charge in [-0.25, -0.2) is 9.50 Å². The first-order valence-corrected chi connectivity index (χ1v) is 8.55. The highest BCUT2D eigenvalue weighted by molar-refractivity contribution is 5.78. The molecule has 138 valence electrons. The molecule has 2 heterocycles. The van der Waals surface area contributed by atoms with E-state index in [0.717, 1.165) is 42.1 Å². The molecule has 0 spiro atoms. The summed E-state index contributed by atoms with van der Waals surface area (Å²) in [6.45, 7) is 4.84. The van der Waals surface area contributed by atoms with Gasteiger partial charge >= 0.3 is 0 Å². The molecule has 0 aliphatic heterocycles. The second-order valence-electron chi connectivity index (χ2n) is 6.11. The quantitative estimate of drug-likeness (QED) is 0.297. The molecule has 3 aromatic rings. The summed E-state index contributed by atoms with van der Waals surface area (Å²) in [4.78, 5) is 4.65. The molecule has 0 radical (unpaired) electrons. The Morgan fingerprint density at radius 1 is 1.19 bits per heavy atom. The van der Waals surface area contributed by atoms with Crippen LogP contribution in [-0.2, 0) is 0 Å². The zero-order valence-corrected chi connectivity index (χ0v) is 14.7. The SMILES string of the molecule is Cc1cc(-c2cnn3ccc(NCCNCCN)nc23)cc(C(O)O)c1. The molecular formula is C18H24N6O2. The minimum Gasteiger partial charge on any atom is -0.369 e. The Hall–Kier alpha value is -2.52. The monoisotopic (exact) mass is 356 g/mol. The zero-order valence-electron chi connectivity index (χ0n) is 14.7. The highest BCUT2D eigenvalue weighted by atomic mass is 16.5. The van der Waals surface area contributed by atoms with Crippen LogP contribution in [0.3, 0.4) is 0 Å². The van der Waals surface area contributed by atoms with Gasteiger partial charge in [-0.1, -0.05) is 17.7 Å². The summed E-state index contributed by atoms with van der Waals surface area (Å²) in [6, 6.07) is 7.33. The summed E-state index contributed by atoms with van der Waals surface area (Å²) < 4.78 is 1.70. The summed E-state index contributed by atoms with van der Waals surface area (Å²) in [5.41, 5.74) is 9.21. The second kappa shape index (κ2) is 8.24. The number of hydrogen-bond donors (Lipinski definition) is 5. The Labute approximate surface area is 151 Å². The van der Waals surface area contributed by atoms with Crippen molar-refractivity contribution in [3.63, 3.8) is 0 Å². The second-order valence-corrected chi connectivity index (χ2v) is 6.11. The van der Waals surface area contributed by atoms with Gasteiger partial charge in [0.05, 0.1) is 6.20 Å². The predicted molar refractivity (Wildman–Crippen MR) is 101 cm³/mol. The third-order valence-corrected chi connectivity index (χ3v) is 4.01. The maximum Gasteiger partial charge on any atom is 0.178 e. The maximum atomic E-state index is 9.48. The first kappa shape index (κ1) is 18.3. The number of anilines is 1. The zero-order chi connectivity index (χ0) is 18.5. The highest BCUT2D eigenvalue weighted by Crippen LogP contribution is 2.27. The van der Waals surface area contributed by atoms with E-state index in [1.165, 1.54) is 0 Å². The lowest BCUT2D eigenvalue weighted by molar-refractivity contribution is -0.0424. The molecule has 0 saturated heterocycles. The van der Waals surface area contributed by atoms with E-state index in [1.54, 1.807) is 22.8 Å². The van der Waals surface area contributed by atoms with E-state index in [1.807, 2.05) is 25.3 Å². The smallest absolute Gasteiger partial charge is 0.178 e. The average Bonchev–Trinajstić information content (AvgIpc) is 3.04. The molecule has 0 aliphatic carbocycles. The first-order valence-electron chi connectivity index (χ1n) is 8.55. The Bertz CT molecular complexity index is 877. The van der Waals surface area contributed by atoms with Crippen molar-refractivity contribution in [1.82, 2.24) is 19.9 Å². The van der Waals surface area contributed by atoms with Gasteiger partial charge in [0.25, 0.3) is 0 Å². The summed E-state index contributed by atoms with van der Waals surface area (Å²) in [6.07, 6.45) is 2.07. The molecule has 0 aliphatic rings. The number of benzene rings is 1. The van der Waals surface area contributed by atoms with Crippen LogP contribution in [0.4, 0.5) is 5.82 Å². The van der Waals surface area contributed by atoms with Crippen LogP contribution in [0, 0.1) is 6.92 Å². The van der Waals surface area contributed by atoms with Gasteiger partial charge in [-0.2, -0.15) is 5.10 Å². The number of rotatable bonds is 8. The van der Waals surface area contributed by atoms with E-state index < -0.39 is 6.29 Å². The van der Waals surface area contributed by atoms with Crippen molar-refractivity contribution in [1.29, 1.82) is 0 Å². The van der Waals surface area contributed by atoms with Gasteiger partial charge in [-0.3, -0.25) is 0 Å². The number of nitrogens with zero attached hydrogens (tertiary/aromatic N) is 3. The molecule has 26 heavy (non-hydrogen) atoms. The summed E-state index contributed by atoms with van der Waals surface area (Å²) in [7, 11) is 0. The van der Waals surface area contributed by atoms with Crippen molar-refractivity contribution >= 4 is 11.5 Å². The molecule has 0 unspecified atom stereocenters. The highest BCUT2D eigenvalue weighted by Gasteiger charge is 2.12. The number of hydrogen-bond acceptors (Lipinski definition) is 7. The van der Waals surface area contributed by atoms with Gasteiger partial charge in [0.1, 0.15) is 5.82 Å². The average molecular weight is 356 g/mol. The van der Waals surface area contributed by atoms with E-state index in [2.05, 4.69) is 20.7 Å². The van der Waals surface area contributed by atoms with Gasteiger partial charge in [-0.05, 0) is 24.6 Å². The van der Waals surface area contributed by atoms with Crippen molar-refractivity contribution in [3.05, 3.63) is 47.8 Å². The van der Waals surface area contributed by atoms with Crippen LogP contribution in [0.25, 0.3) is 16.8 Å². The number of aromatic nitrogens is 3. The number of aryl methyl sites for hydroxylation is 1. The van der Waals surface area contributed by atoms with Gasteiger partial charge in [-0.15, -0.1) is 0 Å². The largest absolute Gasteiger partial charge is 0.369 e. The molecule has 6 N–H and O–H groups in total. The maximum absolute atomic E-state index is 9.48. The van der Waals surface area contributed by atoms with Crippen LogP contribution in [0.15, 0.2) is 36.7 Å². The molecule has 0 amide bonds. The van der Waals surface area contributed by atoms with E-state index in [-0.39, 0.29) is 0 Å². The van der Waals surface area contributed by atoms with E-state index in [4.69, 9.17) is 5.73 Å². The number of aliphatic hydroxyl groups excluding tert-OH is 1. The third-order valence-electron chi connectivity index (χ3n) is 4.01. The fourth-order valence-corrected chi connectivity index (χ4v) is 2.79. The summed E-state index contributed by atoms with van der Waals surface area (Å²) in [5, 5.41) is 29.8. The molecule has 8 heteroatoms. The van der Waals surface area contributed by atoms with Crippen molar-refractivity contribution in [2.24, 2.45) is 5.73 Å². The molecule has 0 saturated carbocycles.